The van der Waals surface area contributed by atoms with E-state index in [4.69, 9.17) is 10.5 Å². The first kappa shape index (κ1) is 12.9. The molecule has 3 N–H and O–H groups in total. The highest BCUT2D eigenvalue weighted by Gasteiger charge is 2.43. The van der Waals surface area contributed by atoms with Crippen molar-refractivity contribution in [3.8, 4) is 0 Å². The van der Waals surface area contributed by atoms with Crippen molar-refractivity contribution in [2.45, 2.75) is 57.1 Å². The number of ether oxygens (including phenoxy) is 1. The van der Waals surface area contributed by atoms with Crippen LogP contribution in [0, 0.1) is 17.8 Å². The van der Waals surface area contributed by atoms with Crippen LogP contribution in [0.25, 0.3) is 0 Å². The summed E-state index contributed by atoms with van der Waals surface area (Å²) in [4.78, 5) is 0. The van der Waals surface area contributed by atoms with Crippen molar-refractivity contribution in [3.63, 3.8) is 0 Å². The fourth-order valence-corrected chi connectivity index (χ4v) is 3.69. The first-order chi connectivity index (χ1) is 8.72. The molecule has 0 spiro atoms. The third-order valence-corrected chi connectivity index (χ3v) is 5.22. The minimum atomic E-state index is 0.152. The molecule has 3 nitrogen and oxygen atoms in total. The van der Waals surface area contributed by atoms with E-state index in [1.165, 1.54) is 32.2 Å². The first-order valence-corrected chi connectivity index (χ1v) is 7.79. The Balaban J connectivity index is 1.55. The molecule has 3 fully saturated rings. The van der Waals surface area contributed by atoms with Gasteiger partial charge in [0.05, 0.1) is 6.10 Å². The van der Waals surface area contributed by atoms with E-state index < -0.39 is 0 Å². The molecule has 1 heterocycles. The third kappa shape index (κ3) is 2.89. The van der Waals surface area contributed by atoms with Crippen molar-refractivity contribution < 1.29 is 4.74 Å². The summed E-state index contributed by atoms with van der Waals surface area (Å²) in [6, 6.07) is 0. The van der Waals surface area contributed by atoms with Crippen LogP contribution in [0.1, 0.15) is 45.4 Å². The topological polar surface area (TPSA) is 47.3 Å². The molecule has 3 heteroatoms. The third-order valence-electron chi connectivity index (χ3n) is 5.22. The highest BCUT2D eigenvalue weighted by molar-refractivity contribution is 4.98. The van der Waals surface area contributed by atoms with Crippen molar-refractivity contribution in [1.29, 1.82) is 0 Å². The van der Waals surface area contributed by atoms with Gasteiger partial charge in [0.15, 0.2) is 0 Å². The Labute approximate surface area is 111 Å². The second-order valence-corrected chi connectivity index (χ2v) is 6.84. The number of rotatable bonds is 6. The van der Waals surface area contributed by atoms with Crippen molar-refractivity contribution >= 4 is 0 Å². The lowest BCUT2D eigenvalue weighted by Gasteiger charge is -2.41. The van der Waals surface area contributed by atoms with Gasteiger partial charge in [0.1, 0.15) is 0 Å². The maximum absolute atomic E-state index is 6.05. The molecular weight excluding hydrogens is 224 g/mol. The minimum Gasteiger partial charge on any atom is -0.378 e. The summed E-state index contributed by atoms with van der Waals surface area (Å²) in [5.41, 5.74) is 6.20. The van der Waals surface area contributed by atoms with Crippen LogP contribution in [0.3, 0.4) is 0 Å². The van der Waals surface area contributed by atoms with Gasteiger partial charge in [-0.15, -0.1) is 0 Å². The quantitative estimate of drug-likeness (QED) is 0.759. The summed E-state index contributed by atoms with van der Waals surface area (Å²) in [5.74, 6) is 2.99. The normalized spacial score (nSPS) is 37.2. The van der Waals surface area contributed by atoms with E-state index in [1.807, 2.05) is 0 Å². The van der Waals surface area contributed by atoms with Gasteiger partial charge in [0, 0.05) is 18.7 Å². The van der Waals surface area contributed by atoms with Crippen LogP contribution in [-0.2, 0) is 4.74 Å². The van der Waals surface area contributed by atoms with Gasteiger partial charge in [-0.3, -0.25) is 0 Å². The van der Waals surface area contributed by atoms with Gasteiger partial charge in [-0.2, -0.15) is 0 Å². The van der Waals surface area contributed by atoms with E-state index in [2.05, 4.69) is 12.2 Å². The van der Waals surface area contributed by atoms with Crippen molar-refractivity contribution in [1.82, 2.24) is 5.32 Å². The van der Waals surface area contributed by atoms with E-state index in [-0.39, 0.29) is 5.54 Å². The van der Waals surface area contributed by atoms with Gasteiger partial charge >= 0.3 is 0 Å². The second-order valence-electron chi connectivity index (χ2n) is 6.84. The van der Waals surface area contributed by atoms with Gasteiger partial charge < -0.3 is 15.8 Å². The average molecular weight is 252 g/mol. The average Bonchev–Trinajstić information content (AvgIpc) is 3.23. The lowest BCUT2D eigenvalue weighted by atomic mass is 9.85. The monoisotopic (exact) mass is 252 g/mol. The van der Waals surface area contributed by atoms with Gasteiger partial charge in [0.25, 0.3) is 0 Å². The van der Waals surface area contributed by atoms with Gasteiger partial charge in [0.2, 0.25) is 0 Å². The highest BCUT2D eigenvalue weighted by atomic mass is 16.5. The molecule has 0 bridgehead atoms. The molecule has 0 aromatic heterocycles. The molecule has 3 rings (SSSR count). The highest BCUT2D eigenvalue weighted by Crippen LogP contribution is 2.49. The van der Waals surface area contributed by atoms with Crippen LogP contribution in [0.5, 0.6) is 0 Å². The van der Waals surface area contributed by atoms with Crippen LogP contribution < -0.4 is 11.1 Å². The predicted octanol–water partition coefficient (Wildman–Crippen LogP) is 1.91. The Bertz CT molecular complexity index is 276. The fraction of sp³-hybridized carbons (Fsp3) is 1.00. The van der Waals surface area contributed by atoms with Crippen LogP contribution >= 0.6 is 0 Å². The zero-order chi connectivity index (χ0) is 12.6. The lowest BCUT2D eigenvalue weighted by molar-refractivity contribution is -0.0176. The van der Waals surface area contributed by atoms with Gasteiger partial charge in [-0.1, -0.05) is 0 Å². The summed E-state index contributed by atoms with van der Waals surface area (Å²) in [7, 11) is 0. The van der Waals surface area contributed by atoms with Crippen LogP contribution in [0.4, 0.5) is 0 Å². The SMILES string of the molecule is CC1CC(CN)(NCC(C2CC2)C2CC2)CCO1. The Morgan fingerprint density at radius 3 is 2.44 bits per heavy atom. The Hall–Kier alpha value is -0.120. The molecule has 104 valence electrons. The van der Waals surface area contributed by atoms with E-state index in [1.54, 1.807) is 0 Å². The van der Waals surface area contributed by atoms with E-state index >= 15 is 0 Å². The molecule has 0 amide bonds. The maximum Gasteiger partial charge on any atom is 0.0565 e. The van der Waals surface area contributed by atoms with E-state index in [9.17, 15) is 0 Å². The molecule has 1 aliphatic heterocycles. The van der Waals surface area contributed by atoms with Gasteiger partial charge in [-0.05, 0) is 69.7 Å². The zero-order valence-corrected chi connectivity index (χ0v) is 11.7. The molecular formula is C15H28N2O. The largest absolute Gasteiger partial charge is 0.378 e. The molecule has 1 saturated heterocycles. The number of nitrogens with two attached hydrogens (primary N) is 1. The van der Waals surface area contributed by atoms with Crippen LogP contribution in [0.15, 0.2) is 0 Å². The molecule has 18 heavy (non-hydrogen) atoms. The summed E-state index contributed by atoms with van der Waals surface area (Å²) >= 11 is 0. The second kappa shape index (κ2) is 5.10. The predicted molar refractivity (Wildman–Crippen MR) is 73.4 cm³/mol. The van der Waals surface area contributed by atoms with E-state index in [0.717, 1.165) is 43.7 Å². The number of hydrogen-bond donors (Lipinski definition) is 2. The molecule has 0 aromatic rings. The Morgan fingerprint density at radius 2 is 1.94 bits per heavy atom. The molecule has 2 atom stereocenters. The molecule has 0 aromatic carbocycles. The zero-order valence-electron chi connectivity index (χ0n) is 11.7. The Morgan fingerprint density at radius 1 is 1.28 bits per heavy atom. The molecule has 3 aliphatic rings. The van der Waals surface area contributed by atoms with E-state index in [0.29, 0.717) is 6.10 Å². The summed E-state index contributed by atoms with van der Waals surface area (Å²) < 4.78 is 5.67. The molecule has 2 aliphatic carbocycles. The van der Waals surface area contributed by atoms with Crippen LogP contribution in [0.2, 0.25) is 0 Å². The number of nitrogens with one attached hydrogen (secondary N) is 1. The standard InChI is InChI=1S/C15H28N2O/c1-11-8-15(10-16,6-7-18-11)17-9-14(12-2-3-12)13-4-5-13/h11-14,17H,2-10,16H2,1H3. The summed E-state index contributed by atoms with van der Waals surface area (Å²) in [5, 5.41) is 3.85. The molecule has 2 saturated carbocycles. The fourth-order valence-electron chi connectivity index (χ4n) is 3.69. The summed E-state index contributed by atoms with van der Waals surface area (Å²) in [6.45, 7) is 4.98. The maximum atomic E-state index is 6.05. The summed E-state index contributed by atoms with van der Waals surface area (Å²) in [6.07, 6.45) is 8.39. The smallest absolute Gasteiger partial charge is 0.0565 e. The lowest BCUT2D eigenvalue weighted by Crippen LogP contribution is -2.57. The van der Waals surface area contributed by atoms with Crippen molar-refractivity contribution in [2.75, 3.05) is 19.7 Å². The van der Waals surface area contributed by atoms with Gasteiger partial charge in [-0.25, -0.2) is 0 Å². The van der Waals surface area contributed by atoms with Crippen LogP contribution in [-0.4, -0.2) is 31.3 Å². The Kier molecular flexibility index (Phi) is 3.65. The van der Waals surface area contributed by atoms with Crippen molar-refractivity contribution in [3.05, 3.63) is 0 Å². The first-order valence-electron chi connectivity index (χ1n) is 7.79. The minimum absolute atomic E-state index is 0.152. The number of hydrogen-bond acceptors (Lipinski definition) is 3. The molecule has 0 radical (unpaired) electrons. The van der Waals surface area contributed by atoms with Crippen molar-refractivity contribution in [2.24, 2.45) is 23.5 Å². The molecule has 2 unspecified atom stereocenters.